The number of unbranched alkanes of at least 4 members (excludes halogenated alkanes) is 2. The number of hydrogen-bond donors (Lipinski definition) is 7. The predicted molar refractivity (Wildman–Crippen MR) is 195 cm³/mol. The van der Waals surface area contributed by atoms with E-state index in [0.29, 0.717) is 37.7 Å². The Morgan fingerprint density at radius 2 is 1.75 bits per heavy atom. The van der Waals surface area contributed by atoms with E-state index in [1.165, 1.54) is 19.9 Å². The molecule has 0 saturated carbocycles. The van der Waals surface area contributed by atoms with Crippen LogP contribution in [-0.2, 0) is 38.1 Å². The summed E-state index contributed by atoms with van der Waals surface area (Å²) in [7, 11) is 0. The number of ketones is 1. The van der Waals surface area contributed by atoms with Crippen molar-refractivity contribution in [2.24, 2.45) is 27.8 Å². The van der Waals surface area contributed by atoms with E-state index < -0.39 is 84.5 Å². The summed E-state index contributed by atoms with van der Waals surface area (Å²) < 4.78 is 54.3. The molecule has 55 heavy (non-hydrogen) atoms. The minimum absolute atomic E-state index is 0.0942. The second-order valence-corrected chi connectivity index (χ2v) is 14.9. The number of carbonyl (C=O) groups is 4. The van der Waals surface area contributed by atoms with E-state index in [1.54, 1.807) is 13.0 Å². The van der Waals surface area contributed by atoms with E-state index in [2.05, 4.69) is 22.2 Å². The first-order valence-electron chi connectivity index (χ1n) is 18.5. The third-order valence-corrected chi connectivity index (χ3v) is 10.3. The number of nitrogens with one attached hydrogen (secondary N) is 2. The Bertz CT molecular complexity index is 1470. The molecule has 18 heteroatoms. The molecule has 0 radical (unpaired) electrons. The number of carboxylic acids is 1. The van der Waals surface area contributed by atoms with Crippen molar-refractivity contribution in [3.8, 4) is 0 Å². The lowest BCUT2D eigenvalue weighted by molar-refractivity contribution is -0.370. The van der Waals surface area contributed by atoms with Gasteiger partial charge in [-0.05, 0) is 51.5 Å². The van der Waals surface area contributed by atoms with Gasteiger partial charge in [0.2, 0.25) is 11.7 Å². The van der Waals surface area contributed by atoms with Gasteiger partial charge in [-0.15, -0.1) is 0 Å². The lowest BCUT2D eigenvalue weighted by Gasteiger charge is -2.54. The molecular weight excluding hydrogens is 728 g/mol. The number of guanidine groups is 1. The molecule has 3 rings (SSSR count). The van der Waals surface area contributed by atoms with Gasteiger partial charge in [-0.3, -0.25) is 19.4 Å². The number of alkyl halides is 2. The van der Waals surface area contributed by atoms with E-state index >= 15 is 8.78 Å². The molecule has 0 spiro atoms. The van der Waals surface area contributed by atoms with Crippen molar-refractivity contribution in [1.82, 2.24) is 10.6 Å². The largest absolute Gasteiger partial charge is 0.480 e. The fourth-order valence-electron chi connectivity index (χ4n) is 6.55. The van der Waals surface area contributed by atoms with Crippen LogP contribution in [0.1, 0.15) is 85.5 Å². The fraction of sp³-hybridized carbons (Fsp3) is 0.703. The maximum absolute atomic E-state index is 16.0. The summed E-state index contributed by atoms with van der Waals surface area (Å²) in [5.74, 6) is -9.22. The highest BCUT2D eigenvalue weighted by molar-refractivity contribution is 5.91. The minimum atomic E-state index is -3.52. The quantitative estimate of drug-likeness (QED) is 0.0325. The van der Waals surface area contributed by atoms with Gasteiger partial charge in [0, 0.05) is 31.7 Å². The molecule has 3 heterocycles. The second kappa shape index (κ2) is 19.9. The number of aliphatic imine (C=N–C) groups is 1. The summed E-state index contributed by atoms with van der Waals surface area (Å²) in [6.45, 7) is 9.58. The number of nitrogens with zero attached hydrogens (tertiary/aromatic N) is 1. The third kappa shape index (κ3) is 12.1. The molecule has 2 amide bonds. The van der Waals surface area contributed by atoms with Gasteiger partial charge in [-0.1, -0.05) is 51.2 Å². The summed E-state index contributed by atoms with van der Waals surface area (Å²) in [6.07, 6.45) is -0.116. The predicted octanol–water partition coefficient (Wildman–Crippen LogP) is 1.93. The standard InChI is InChI=1S/C37H57F2N5O11/c1-21-19-36(51,55-23(3)22(21)2)29(47)31(48)44-32-28-30(52-20-53-32)37(38,39)35(4,5)26(54-28)18-24(45)14-11-9-7-6-8-10-12-16-27(46)43-25(33(49)50)15-13-17-42-34(40)41/h6-7,12,16,22-23,25-26,28-30,32,47,51H,1,8-11,13-15,17-20H2,2-5H3,(H,43,46)(H,44,48)(H,49,50)(H4,40,41,42)/b7-6+,16-12+/t22-,23-,25?,26-,28+,29?,30+,32?,36-/m1/s1. The first-order chi connectivity index (χ1) is 25.7. The molecule has 310 valence electrons. The number of aliphatic hydroxyl groups is 2. The van der Waals surface area contributed by atoms with Crippen LogP contribution in [0.5, 0.6) is 0 Å². The summed E-state index contributed by atoms with van der Waals surface area (Å²) in [5, 5.41) is 35.9. The fourth-order valence-corrected chi connectivity index (χ4v) is 6.55. The van der Waals surface area contributed by atoms with Crippen LogP contribution in [0.4, 0.5) is 8.78 Å². The Labute approximate surface area is 319 Å². The van der Waals surface area contributed by atoms with Crippen molar-refractivity contribution < 1.29 is 62.2 Å². The summed E-state index contributed by atoms with van der Waals surface area (Å²) >= 11 is 0. The number of carboxylic acid groups (broad SMARTS) is 1. The molecule has 3 aliphatic rings. The average Bonchev–Trinajstić information content (AvgIpc) is 3.10. The number of fused-ring (bicyclic) bond motifs is 1. The second-order valence-electron chi connectivity index (χ2n) is 14.9. The molecule has 0 aromatic rings. The van der Waals surface area contributed by atoms with Crippen LogP contribution in [0.25, 0.3) is 0 Å². The number of hydrogen-bond acceptors (Lipinski definition) is 11. The van der Waals surface area contributed by atoms with Crippen LogP contribution in [0, 0.1) is 11.3 Å². The molecule has 0 bridgehead atoms. The van der Waals surface area contributed by atoms with E-state index in [-0.39, 0.29) is 49.9 Å². The number of amides is 2. The van der Waals surface area contributed by atoms with E-state index in [1.807, 2.05) is 19.1 Å². The number of allylic oxidation sites excluding steroid dienone is 3. The van der Waals surface area contributed by atoms with E-state index in [0.717, 1.165) is 0 Å². The minimum Gasteiger partial charge on any atom is -0.480 e. The molecule has 3 unspecified atom stereocenters. The molecule has 0 aromatic heterocycles. The number of Topliss-reactive ketones (excluding diaryl/α,β-unsaturated/α-hetero) is 1. The highest BCUT2D eigenvalue weighted by Crippen LogP contribution is 2.51. The van der Waals surface area contributed by atoms with Crippen molar-refractivity contribution in [1.29, 1.82) is 0 Å². The van der Waals surface area contributed by atoms with Gasteiger partial charge >= 0.3 is 5.97 Å². The van der Waals surface area contributed by atoms with Crippen molar-refractivity contribution in [2.45, 2.75) is 140 Å². The topological polar surface area (TPSA) is 254 Å². The van der Waals surface area contributed by atoms with Crippen molar-refractivity contribution in [2.75, 3.05) is 13.3 Å². The number of halogens is 2. The van der Waals surface area contributed by atoms with Crippen LogP contribution in [0.15, 0.2) is 41.4 Å². The van der Waals surface area contributed by atoms with Gasteiger partial charge in [0.25, 0.3) is 11.8 Å². The summed E-state index contributed by atoms with van der Waals surface area (Å²) in [4.78, 5) is 53.4. The highest BCUT2D eigenvalue weighted by Gasteiger charge is 2.67. The Morgan fingerprint density at radius 1 is 1.07 bits per heavy atom. The monoisotopic (exact) mass is 785 g/mol. The van der Waals surface area contributed by atoms with Gasteiger partial charge in [0.15, 0.2) is 24.4 Å². The first kappa shape index (κ1) is 45.6. The molecule has 0 aromatic carbocycles. The normalized spacial score (nSPS) is 29.9. The lowest BCUT2D eigenvalue weighted by Crippen LogP contribution is -2.71. The van der Waals surface area contributed by atoms with Gasteiger partial charge < -0.3 is 56.4 Å². The van der Waals surface area contributed by atoms with E-state index in [9.17, 15) is 34.5 Å². The van der Waals surface area contributed by atoms with Crippen LogP contribution < -0.4 is 22.1 Å². The number of nitrogens with two attached hydrogens (primary N) is 2. The van der Waals surface area contributed by atoms with Crippen molar-refractivity contribution in [3.63, 3.8) is 0 Å². The smallest absolute Gasteiger partial charge is 0.326 e. The molecule has 3 saturated heterocycles. The number of aliphatic hydroxyl groups excluding tert-OH is 1. The zero-order valence-electron chi connectivity index (χ0n) is 31.9. The van der Waals surface area contributed by atoms with Gasteiger partial charge in [-0.25, -0.2) is 13.6 Å². The Hall–Kier alpha value is -3.81. The number of rotatable bonds is 19. The summed E-state index contributed by atoms with van der Waals surface area (Å²) in [6, 6.07) is -1.08. The highest BCUT2D eigenvalue weighted by atomic mass is 19.3. The Morgan fingerprint density at radius 3 is 2.40 bits per heavy atom. The average molecular weight is 786 g/mol. The zero-order valence-corrected chi connectivity index (χ0v) is 31.9. The van der Waals surface area contributed by atoms with Crippen LogP contribution in [-0.4, -0.2) is 113 Å². The third-order valence-electron chi connectivity index (χ3n) is 10.3. The molecule has 9 N–H and O–H groups in total. The van der Waals surface area contributed by atoms with Crippen molar-refractivity contribution in [3.05, 3.63) is 36.5 Å². The molecule has 16 nitrogen and oxygen atoms in total. The van der Waals surface area contributed by atoms with Crippen LogP contribution in [0.3, 0.4) is 0 Å². The van der Waals surface area contributed by atoms with Gasteiger partial charge in [0.05, 0.1) is 17.6 Å². The molecule has 0 aliphatic carbocycles. The molecule has 9 atom stereocenters. The SMILES string of the molecule is C=C1C[C@](O)(C(O)C(=O)NC2OCO[C@H]3[C@@H]2O[C@H](CC(=O)CCC/C=C/CC/C=C/C(=O)NC(CCCN=C(N)N)C(=O)O)C(C)(C)C3(F)F)O[C@H](C)[C@@H]1C. The maximum Gasteiger partial charge on any atom is 0.326 e. The number of ether oxygens (including phenoxy) is 4. The van der Waals surface area contributed by atoms with E-state index in [4.69, 9.17) is 30.4 Å². The molecule has 3 aliphatic heterocycles. The number of aliphatic carboxylic acids is 1. The van der Waals surface area contributed by atoms with Gasteiger partial charge in [-0.2, -0.15) is 0 Å². The Kier molecular flexibility index (Phi) is 16.5. The molecule has 3 fully saturated rings. The summed E-state index contributed by atoms with van der Waals surface area (Å²) in [5.41, 5.74) is 9.20. The Balaban J connectivity index is 1.47. The van der Waals surface area contributed by atoms with Crippen LogP contribution in [0.2, 0.25) is 0 Å². The zero-order chi connectivity index (χ0) is 41.1. The lowest BCUT2D eigenvalue weighted by atomic mass is 9.71. The van der Waals surface area contributed by atoms with Crippen LogP contribution >= 0.6 is 0 Å². The maximum atomic E-state index is 16.0. The number of carbonyl (C=O) groups excluding carboxylic acids is 3. The van der Waals surface area contributed by atoms with Gasteiger partial charge in [0.1, 0.15) is 24.7 Å². The first-order valence-corrected chi connectivity index (χ1v) is 18.5. The molecular formula is C37H57F2N5O11. The van der Waals surface area contributed by atoms with Crippen molar-refractivity contribution >= 4 is 29.5 Å².